The Morgan fingerprint density at radius 2 is 1.91 bits per heavy atom. The lowest BCUT2D eigenvalue weighted by Crippen LogP contribution is -2.03. The predicted molar refractivity (Wildman–Crippen MR) is 83.1 cm³/mol. The Kier molecular flexibility index (Phi) is 4.18. The predicted octanol–water partition coefficient (Wildman–Crippen LogP) is 1.74. The minimum absolute atomic E-state index is 0.0872. The highest BCUT2D eigenvalue weighted by Gasteiger charge is 2.27. The molecule has 1 heterocycles. The molecule has 8 nitrogen and oxygen atoms in total. The van der Waals surface area contributed by atoms with Gasteiger partial charge in [-0.3, -0.25) is 14.9 Å². The molecule has 2 rings (SSSR count). The number of nitrogens with two attached hydrogens (primary N) is 1. The van der Waals surface area contributed by atoms with Gasteiger partial charge < -0.3 is 5.73 Å². The van der Waals surface area contributed by atoms with E-state index in [-0.39, 0.29) is 31.6 Å². The summed E-state index contributed by atoms with van der Waals surface area (Å²) in [5, 5.41) is 19.7. The smallest absolute Gasteiger partial charge is 0.269 e. The average Bonchev–Trinajstić information content (AvgIpc) is 2.83. The van der Waals surface area contributed by atoms with Crippen LogP contribution in [0.3, 0.4) is 0 Å². The van der Waals surface area contributed by atoms with Gasteiger partial charge in [0.2, 0.25) is 5.78 Å². The largest absolute Gasteiger partial charge is 0.396 e. The van der Waals surface area contributed by atoms with E-state index in [0.29, 0.717) is 11.3 Å². The van der Waals surface area contributed by atoms with E-state index >= 15 is 0 Å². The van der Waals surface area contributed by atoms with Crippen LogP contribution >= 0.6 is 11.3 Å². The molecule has 10 heteroatoms. The first-order valence-electron chi connectivity index (χ1n) is 5.98. The number of hydrogen-bond donors (Lipinski definition) is 1. The van der Waals surface area contributed by atoms with Gasteiger partial charge in [-0.15, -0.1) is 11.3 Å². The van der Waals surface area contributed by atoms with E-state index in [1.54, 1.807) is 6.07 Å². The Balaban J connectivity index is 2.54. The fourth-order valence-electron chi connectivity index (χ4n) is 1.82. The molecule has 0 atom stereocenters. The van der Waals surface area contributed by atoms with Gasteiger partial charge in [0.25, 0.3) is 5.69 Å². The number of hydrogen-bond acceptors (Lipinski definition) is 8. The van der Waals surface area contributed by atoms with Gasteiger partial charge in [0.05, 0.1) is 10.6 Å². The van der Waals surface area contributed by atoms with Crippen LogP contribution in [0.5, 0.6) is 0 Å². The zero-order valence-electron chi connectivity index (χ0n) is 11.6. The lowest BCUT2D eigenvalue weighted by molar-refractivity contribution is -0.384. The van der Waals surface area contributed by atoms with Crippen LogP contribution in [0.4, 0.5) is 11.4 Å². The normalized spacial score (nSPS) is 11.0. The lowest BCUT2D eigenvalue weighted by atomic mass is 10.1. The summed E-state index contributed by atoms with van der Waals surface area (Å²) >= 11 is 0.612. The summed E-state index contributed by atoms with van der Waals surface area (Å²) in [5.41, 5.74) is 5.17. The minimum atomic E-state index is -3.71. The average molecular weight is 351 g/mol. The maximum atomic E-state index is 12.4. The van der Waals surface area contributed by atoms with Crippen LogP contribution in [0.1, 0.15) is 20.8 Å². The number of benzene rings is 1. The molecule has 0 aliphatic carbocycles. The molecule has 0 unspecified atom stereocenters. The molecule has 0 fully saturated rings. The van der Waals surface area contributed by atoms with Crippen LogP contribution < -0.4 is 5.73 Å². The van der Waals surface area contributed by atoms with Gasteiger partial charge >= 0.3 is 0 Å². The number of anilines is 1. The Hall–Kier alpha value is -2.77. The van der Waals surface area contributed by atoms with E-state index in [1.807, 2.05) is 0 Å². The number of ketones is 1. The summed E-state index contributed by atoms with van der Waals surface area (Å²) in [7, 11) is -3.71. The van der Waals surface area contributed by atoms with Crippen LogP contribution in [0, 0.1) is 21.4 Å². The van der Waals surface area contributed by atoms with Crippen LogP contribution in [-0.4, -0.2) is 25.4 Å². The molecule has 0 radical (unpaired) electrons. The summed E-state index contributed by atoms with van der Waals surface area (Å²) < 4.78 is 23.1. The van der Waals surface area contributed by atoms with Crippen molar-refractivity contribution in [1.82, 2.24) is 0 Å². The van der Waals surface area contributed by atoms with Crippen molar-refractivity contribution in [2.24, 2.45) is 0 Å². The second kappa shape index (κ2) is 5.79. The van der Waals surface area contributed by atoms with E-state index in [1.165, 1.54) is 12.1 Å². The second-order valence-electron chi connectivity index (χ2n) is 4.52. The highest BCUT2D eigenvalue weighted by molar-refractivity contribution is 7.92. The van der Waals surface area contributed by atoms with Crippen LogP contribution in [-0.2, 0) is 9.84 Å². The summed E-state index contributed by atoms with van der Waals surface area (Å²) in [5.74, 6) is -0.603. The maximum absolute atomic E-state index is 12.4. The topological polar surface area (TPSA) is 144 Å². The summed E-state index contributed by atoms with van der Waals surface area (Å²) in [4.78, 5) is 22.3. The Morgan fingerprint density at radius 3 is 2.30 bits per heavy atom. The van der Waals surface area contributed by atoms with E-state index in [0.717, 1.165) is 18.4 Å². The number of nitrogen functional groups attached to an aromatic ring is 1. The fourth-order valence-corrected chi connectivity index (χ4v) is 4.07. The van der Waals surface area contributed by atoms with Gasteiger partial charge in [0.1, 0.15) is 20.7 Å². The van der Waals surface area contributed by atoms with Crippen molar-refractivity contribution in [3.63, 3.8) is 0 Å². The monoisotopic (exact) mass is 351 g/mol. The number of nitro benzene ring substituents is 1. The number of non-ortho nitro benzene ring substituents is 1. The first kappa shape index (κ1) is 16.6. The van der Waals surface area contributed by atoms with Gasteiger partial charge in [-0.1, -0.05) is 0 Å². The van der Waals surface area contributed by atoms with Crippen LogP contribution in [0.15, 0.2) is 28.5 Å². The molecule has 0 aliphatic heterocycles. The number of carbonyl (C=O) groups excluding carboxylic acids is 1. The molecule has 2 N–H and O–H groups in total. The number of thiophene rings is 1. The molecule has 118 valence electrons. The van der Waals surface area contributed by atoms with Gasteiger partial charge in [-0.2, -0.15) is 5.26 Å². The highest BCUT2D eigenvalue weighted by Crippen LogP contribution is 2.35. The fraction of sp³-hybridized carbons (Fsp3) is 0.0769. The summed E-state index contributed by atoms with van der Waals surface area (Å²) in [6, 6.07) is 6.47. The quantitative estimate of drug-likeness (QED) is 0.501. The van der Waals surface area contributed by atoms with Crippen molar-refractivity contribution in [3.8, 4) is 6.07 Å². The Bertz CT molecular complexity index is 953. The van der Waals surface area contributed by atoms with Gasteiger partial charge in [-0.05, 0) is 12.1 Å². The van der Waals surface area contributed by atoms with Crippen molar-refractivity contribution in [1.29, 1.82) is 5.26 Å². The van der Waals surface area contributed by atoms with Crippen molar-refractivity contribution in [2.45, 2.75) is 4.21 Å². The van der Waals surface area contributed by atoms with Crippen molar-refractivity contribution in [2.75, 3.05) is 12.0 Å². The molecule has 0 spiro atoms. The maximum Gasteiger partial charge on any atom is 0.269 e. The van der Waals surface area contributed by atoms with Gasteiger partial charge in [-0.25, -0.2) is 8.42 Å². The Labute approximate surface area is 134 Å². The third-order valence-electron chi connectivity index (χ3n) is 2.91. The zero-order valence-corrected chi connectivity index (χ0v) is 13.3. The van der Waals surface area contributed by atoms with Crippen molar-refractivity contribution >= 4 is 38.3 Å². The van der Waals surface area contributed by atoms with E-state index in [4.69, 9.17) is 11.0 Å². The molecule has 0 saturated heterocycles. The van der Waals surface area contributed by atoms with E-state index in [9.17, 15) is 23.3 Å². The molecule has 0 amide bonds. The minimum Gasteiger partial charge on any atom is -0.396 e. The first-order chi connectivity index (χ1) is 10.7. The molecular weight excluding hydrogens is 342 g/mol. The lowest BCUT2D eigenvalue weighted by Gasteiger charge is -1.99. The standard InChI is InChI=1S/C13H9N3O5S2/c1-23(20,21)13-9(6-14)10(15)12(22-13)11(17)7-2-4-8(5-3-7)16(18)19/h2-5H,15H2,1H3. The molecule has 1 aromatic heterocycles. The molecule has 0 bridgehead atoms. The second-order valence-corrected chi connectivity index (χ2v) is 7.76. The molecule has 2 aromatic rings. The molecule has 0 saturated carbocycles. The number of carbonyl (C=O) groups is 1. The summed E-state index contributed by atoms with van der Waals surface area (Å²) in [6.07, 6.45) is 0.916. The first-order valence-corrected chi connectivity index (χ1v) is 8.69. The SMILES string of the molecule is CS(=O)(=O)c1sc(C(=O)c2ccc([N+](=O)[O-])cc2)c(N)c1C#N. The number of rotatable bonds is 4. The summed E-state index contributed by atoms with van der Waals surface area (Å²) in [6.45, 7) is 0. The van der Waals surface area contributed by atoms with Crippen molar-refractivity contribution in [3.05, 3.63) is 50.4 Å². The molecule has 0 aliphatic rings. The van der Waals surface area contributed by atoms with Crippen LogP contribution in [0.2, 0.25) is 0 Å². The number of sulfone groups is 1. The van der Waals surface area contributed by atoms with Gasteiger partial charge in [0.15, 0.2) is 9.84 Å². The molecule has 23 heavy (non-hydrogen) atoms. The van der Waals surface area contributed by atoms with E-state index < -0.39 is 20.5 Å². The number of nitrogens with zero attached hydrogens (tertiary/aromatic N) is 2. The third kappa shape index (κ3) is 3.05. The highest BCUT2D eigenvalue weighted by atomic mass is 32.2. The van der Waals surface area contributed by atoms with Gasteiger partial charge in [0, 0.05) is 24.0 Å². The molecular formula is C13H9N3O5S2. The molecule has 1 aromatic carbocycles. The number of nitriles is 1. The van der Waals surface area contributed by atoms with Crippen molar-refractivity contribution < 1.29 is 18.1 Å². The third-order valence-corrected chi connectivity index (χ3v) is 5.94. The van der Waals surface area contributed by atoms with E-state index in [2.05, 4.69) is 0 Å². The van der Waals surface area contributed by atoms with Crippen LogP contribution in [0.25, 0.3) is 0 Å². The Morgan fingerprint density at radius 1 is 1.35 bits per heavy atom. The zero-order chi connectivity index (χ0) is 17.4. The number of nitro groups is 1.